The molecule has 0 spiro atoms. The lowest BCUT2D eigenvalue weighted by Gasteiger charge is -2.19. The summed E-state index contributed by atoms with van der Waals surface area (Å²) in [5.74, 6) is -0.724. The Morgan fingerprint density at radius 2 is 1.90 bits per heavy atom. The van der Waals surface area contributed by atoms with Crippen molar-refractivity contribution in [2.24, 2.45) is 0 Å². The summed E-state index contributed by atoms with van der Waals surface area (Å²) in [4.78, 5) is 28.2. The van der Waals surface area contributed by atoms with Crippen molar-refractivity contribution in [1.29, 1.82) is 0 Å². The van der Waals surface area contributed by atoms with Crippen molar-refractivity contribution in [3.05, 3.63) is 57.7 Å². The van der Waals surface area contributed by atoms with E-state index in [1.165, 1.54) is 24.0 Å². The van der Waals surface area contributed by atoms with Gasteiger partial charge < -0.3 is 19.5 Å². The van der Waals surface area contributed by atoms with Gasteiger partial charge in [0.1, 0.15) is 12.2 Å². The zero-order chi connectivity index (χ0) is 22.7. The molecular formula is C22H21BrN2O5S. The number of rotatable bonds is 6. The fraction of sp³-hybridized carbons (Fsp3) is 0.227. The minimum atomic E-state index is -0.534. The lowest BCUT2D eigenvalue weighted by Crippen LogP contribution is -2.35. The van der Waals surface area contributed by atoms with Gasteiger partial charge in [0.2, 0.25) is 0 Å². The maximum Gasteiger partial charge on any atom is 0.325 e. The molecule has 1 amide bonds. The molecule has 31 heavy (non-hydrogen) atoms. The number of aryl methyl sites for hydroxylation is 1. The Morgan fingerprint density at radius 3 is 2.48 bits per heavy atom. The number of nitrogens with zero attached hydrogens (tertiary/aromatic N) is 2. The largest absolute Gasteiger partial charge is 0.503 e. The van der Waals surface area contributed by atoms with Crippen molar-refractivity contribution in [1.82, 2.24) is 4.90 Å². The summed E-state index contributed by atoms with van der Waals surface area (Å²) in [6, 6.07) is 10.7. The Morgan fingerprint density at radius 1 is 1.23 bits per heavy atom. The number of phenols is 1. The van der Waals surface area contributed by atoms with Gasteiger partial charge in [-0.3, -0.25) is 14.5 Å². The van der Waals surface area contributed by atoms with Crippen molar-refractivity contribution in [3.63, 3.8) is 0 Å². The molecule has 2 aromatic rings. The summed E-state index contributed by atoms with van der Waals surface area (Å²) in [5, 5.41) is 10.2. The van der Waals surface area contributed by atoms with Crippen molar-refractivity contribution < 1.29 is 24.2 Å². The maximum absolute atomic E-state index is 13.3. The van der Waals surface area contributed by atoms with Crippen molar-refractivity contribution >= 4 is 56.9 Å². The molecule has 1 aliphatic heterocycles. The van der Waals surface area contributed by atoms with Crippen LogP contribution in [0, 0.1) is 0 Å². The number of methoxy groups -OCH3 is 2. The highest BCUT2D eigenvalue weighted by atomic mass is 79.9. The molecule has 0 unspecified atom stereocenters. The van der Waals surface area contributed by atoms with Crippen LogP contribution in [0.1, 0.15) is 18.1 Å². The van der Waals surface area contributed by atoms with E-state index in [2.05, 4.69) is 15.9 Å². The molecular weight excluding hydrogens is 484 g/mol. The van der Waals surface area contributed by atoms with Crippen LogP contribution in [0.4, 0.5) is 5.69 Å². The van der Waals surface area contributed by atoms with Crippen molar-refractivity contribution in [2.75, 3.05) is 25.7 Å². The predicted molar refractivity (Wildman–Crippen MR) is 125 cm³/mol. The van der Waals surface area contributed by atoms with Crippen LogP contribution >= 0.6 is 28.1 Å². The number of hydrogen-bond acceptors (Lipinski definition) is 6. The van der Waals surface area contributed by atoms with Gasteiger partial charge in [0.15, 0.2) is 16.6 Å². The molecule has 0 bridgehead atoms. The maximum atomic E-state index is 13.3. The van der Waals surface area contributed by atoms with E-state index in [4.69, 9.17) is 21.7 Å². The number of phenolic OH excluding ortho intramolecular Hbond substituents is 1. The normalized spacial score (nSPS) is 15.0. The van der Waals surface area contributed by atoms with Gasteiger partial charge in [-0.05, 0) is 76.0 Å². The van der Waals surface area contributed by atoms with Crippen LogP contribution in [0.3, 0.4) is 0 Å². The van der Waals surface area contributed by atoms with Crippen LogP contribution in [0.15, 0.2) is 46.6 Å². The van der Waals surface area contributed by atoms with Crippen molar-refractivity contribution in [2.45, 2.75) is 13.3 Å². The molecule has 0 atom stereocenters. The molecule has 2 aromatic carbocycles. The first-order valence-electron chi connectivity index (χ1n) is 9.40. The number of benzene rings is 2. The van der Waals surface area contributed by atoms with Gasteiger partial charge in [0.05, 0.1) is 24.4 Å². The average molecular weight is 505 g/mol. The highest BCUT2D eigenvalue weighted by Crippen LogP contribution is 2.37. The van der Waals surface area contributed by atoms with Gasteiger partial charge in [0, 0.05) is 0 Å². The summed E-state index contributed by atoms with van der Waals surface area (Å²) in [7, 11) is 2.70. The highest BCUT2D eigenvalue weighted by molar-refractivity contribution is 9.10. The van der Waals surface area contributed by atoms with E-state index < -0.39 is 5.97 Å². The SMILES string of the molecule is CCc1ccc(N2C(=O)/C(=C/c3cc(Br)c(O)c(OC)c3)N(CC(=O)OC)C2=S)cc1. The Hall–Kier alpha value is -2.91. The lowest BCUT2D eigenvalue weighted by atomic mass is 10.1. The molecule has 1 aliphatic rings. The van der Waals surface area contributed by atoms with Crippen LogP contribution in [0.2, 0.25) is 0 Å². The average Bonchev–Trinajstić information content (AvgIpc) is 2.99. The molecule has 9 heteroatoms. The van der Waals surface area contributed by atoms with E-state index in [1.807, 2.05) is 31.2 Å². The number of thiocarbonyl (C=S) groups is 1. The Labute approximate surface area is 194 Å². The number of anilines is 1. The minimum Gasteiger partial charge on any atom is -0.503 e. The van der Waals surface area contributed by atoms with Crippen LogP contribution in [-0.2, 0) is 20.7 Å². The number of ether oxygens (including phenoxy) is 2. The lowest BCUT2D eigenvalue weighted by molar-refractivity contribution is -0.140. The first-order chi connectivity index (χ1) is 14.8. The van der Waals surface area contributed by atoms with Crippen molar-refractivity contribution in [3.8, 4) is 11.5 Å². The van der Waals surface area contributed by atoms with Gasteiger partial charge in [-0.15, -0.1) is 0 Å². The van der Waals surface area contributed by atoms with Crippen LogP contribution in [0.5, 0.6) is 11.5 Å². The zero-order valence-electron chi connectivity index (χ0n) is 17.2. The number of amides is 1. The van der Waals surface area contributed by atoms with Crippen LogP contribution in [-0.4, -0.2) is 47.8 Å². The van der Waals surface area contributed by atoms with Crippen LogP contribution < -0.4 is 9.64 Å². The van der Waals surface area contributed by atoms with Gasteiger partial charge in [-0.2, -0.15) is 0 Å². The molecule has 1 N–H and O–H groups in total. The first-order valence-corrected chi connectivity index (χ1v) is 10.6. The topological polar surface area (TPSA) is 79.3 Å². The molecule has 1 heterocycles. The Bertz CT molecular complexity index is 1070. The highest BCUT2D eigenvalue weighted by Gasteiger charge is 2.40. The number of carbonyl (C=O) groups excluding carboxylic acids is 2. The van der Waals surface area contributed by atoms with E-state index in [0.717, 1.165) is 12.0 Å². The van der Waals surface area contributed by atoms with E-state index >= 15 is 0 Å². The number of aromatic hydroxyl groups is 1. The van der Waals surface area contributed by atoms with E-state index in [9.17, 15) is 14.7 Å². The quantitative estimate of drug-likeness (QED) is 0.363. The van der Waals surface area contributed by atoms with E-state index in [-0.39, 0.29) is 34.8 Å². The zero-order valence-corrected chi connectivity index (χ0v) is 19.6. The number of esters is 1. The minimum absolute atomic E-state index is 0.0537. The standard InChI is InChI=1S/C22H21BrN2O5S/c1-4-13-5-7-15(8-6-13)25-21(28)17(24(22(25)31)12-19(26)30-3)10-14-9-16(23)20(27)18(11-14)29-2/h5-11,27H,4,12H2,1-3H3/b17-10-. The van der Waals surface area contributed by atoms with Gasteiger partial charge >= 0.3 is 5.97 Å². The number of hydrogen-bond donors (Lipinski definition) is 1. The summed E-state index contributed by atoms with van der Waals surface area (Å²) >= 11 is 8.82. The third kappa shape index (κ3) is 4.57. The summed E-state index contributed by atoms with van der Waals surface area (Å²) < 4.78 is 10.4. The first kappa shape index (κ1) is 22.8. The Balaban J connectivity index is 2.08. The third-order valence-electron chi connectivity index (χ3n) is 4.83. The van der Waals surface area contributed by atoms with Gasteiger partial charge in [-0.1, -0.05) is 19.1 Å². The molecule has 0 radical (unpaired) electrons. The van der Waals surface area contributed by atoms with E-state index in [1.54, 1.807) is 18.2 Å². The molecule has 0 aliphatic carbocycles. The summed E-state index contributed by atoms with van der Waals surface area (Å²) in [6.45, 7) is 1.83. The monoisotopic (exact) mass is 504 g/mol. The Kier molecular flexibility index (Phi) is 6.97. The number of carbonyl (C=O) groups is 2. The second-order valence-electron chi connectivity index (χ2n) is 6.69. The van der Waals surface area contributed by atoms with Gasteiger partial charge in [-0.25, -0.2) is 0 Å². The second kappa shape index (κ2) is 9.49. The predicted octanol–water partition coefficient (Wildman–Crippen LogP) is 3.87. The molecule has 0 saturated carbocycles. The number of halogens is 1. The summed E-state index contributed by atoms with van der Waals surface area (Å²) in [6.07, 6.45) is 2.46. The van der Waals surface area contributed by atoms with Gasteiger partial charge in [0.25, 0.3) is 5.91 Å². The van der Waals surface area contributed by atoms with E-state index in [0.29, 0.717) is 15.7 Å². The fourth-order valence-corrected chi connectivity index (χ4v) is 3.94. The fourth-order valence-electron chi connectivity index (χ4n) is 3.13. The second-order valence-corrected chi connectivity index (χ2v) is 7.91. The van der Waals surface area contributed by atoms with Crippen LogP contribution in [0.25, 0.3) is 6.08 Å². The molecule has 1 fully saturated rings. The molecule has 7 nitrogen and oxygen atoms in total. The smallest absolute Gasteiger partial charge is 0.325 e. The summed E-state index contributed by atoms with van der Waals surface area (Å²) in [5.41, 5.74) is 2.51. The third-order valence-corrected chi connectivity index (χ3v) is 5.83. The molecule has 0 aromatic heterocycles. The molecule has 1 saturated heterocycles. The molecule has 162 valence electrons. The molecule has 3 rings (SSSR count).